The maximum absolute atomic E-state index is 4.18. The third-order valence-electron chi connectivity index (χ3n) is 2.35. The van der Waals surface area contributed by atoms with Crippen LogP contribution in [0, 0.1) is 5.92 Å². The molecule has 0 spiro atoms. The van der Waals surface area contributed by atoms with Crippen LogP contribution in [0.15, 0.2) is 0 Å². The van der Waals surface area contributed by atoms with Crippen LogP contribution in [-0.4, -0.2) is 34.7 Å². The average Bonchev–Trinajstić information content (AvgIpc) is 2.63. The molecule has 0 unspecified atom stereocenters. The van der Waals surface area contributed by atoms with Gasteiger partial charge in [0, 0.05) is 19.6 Å². The van der Waals surface area contributed by atoms with E-state index < -0.39 is 0 Å². The molecule has 0 fully saturated rings. The lowest BCUT2D eigenvalue weighted by Gasteiger charge is -2.26. The maximum atomic E-state index is 4.18. The molecule has 0 saturated carbocycles. The van der Waals surface area contributed by atoms with Gasteiger partial charge < -0.3 is 5.32 Å². The van der Waals surface area contributed by atoms with E-state index in [-0.39, 0.29) is 0 Å². The third kappa shape index (κ3) is 4.06. The Hall–Kier alpha value is -0.680. The molecule has 5 heteroatoms. The van der Waals surface area contributed by atoms with Crippen LogP contribution in [-0.2, 0) is 6.54 Å². The number of nitrogens with zero attached hydrogens (tertiary/aromatic N) is 3. The zero-order valence-electron chi connectivity index (χ0n) is 10.8. The van der Waals surface area contributed by atoms with E-state index in [1.165, 1.54) is 0 Å². The minimum Gasteiger partial charge on any atom is -0.363 e. The van der Waals surface area contributed by atoms with E-state index in [2.05, 4.69) is 48.1 Å². The van der Waals surface area contributed by atoms with E-state index in [0.717, 1.165) is 23.2 Å². The molecular formula is C11H22N4S. The molecule has 1 N–H and O–H groups in total. The van der Waals surface area contributed by atoms with Gasteiger partial charge in [0.05, 0.1) is 6.54 Å². The van der Waals surface area contributed by atoms with Crippen molar-refractivity contribution in [3.8, 4) is 0 Å². The van der Waals surface area contributed by atoms with Crippen LogP contribution >= 0.6 is 11.3 Å². The molecule has 0 aromatic carbocycles. The van der Waals surface area contributed by atoms with Gasteiger partial charge in [0.2, 0.25) is 5.13 Å². The third-order valence-corrected chi connectivity index (χ3v) is 3.27. The van der Waals surface area contributed by atoms with E-state index in [0.29, 0.717) is 12.0 Å². The first-order chi connectivity index (χ1) is 7.52. The smallest absolute Gasteiger partial charge is 0.205 e. The van der Waals surface area contributed by atoms with Gasteiger partial charge in [-0.3, -0.25) is 4.90 Å². The van der Waals surface area contributed by atoms with Crippen molar-refractivity contribution >= 4 is 16.5 Å². The zero-order valence-corrected chi connectivity index (χ0v) is 11.6. The first-order valence-corrected chi connectivity index (χ1v) is 6.58. The molecule has 1 heterocycles. The normalized spacial score (nSPS) is 11.8. The molecule has 4 nitrogen and oxygen atoms in total. The Morgan fingerprint density at radius 2 is 1.94 bits per heavy atom. The van der Waals surface area contributed by atoms with Crippen molar-refractivity contribution in [1.29, 1.82) is 0 Å². The molecule has 0 radical (unpaired) electrons. The summed E-state index contributed by atoms with van der Waals surface area (Å²) < 4.78 is 0. The molecule has 0 aliphatic rings. The Morgan fingerprint density at radius 3 is 2.38 bits per heavy atom. The summed E-state index contributed by atoms with van der Waals surface area (Å²) in [5.74, 6) is 0.680. The van der Waals surface area contributed by atoms with Gasteiger partial charge >= 0.3 is 0 Å². The molecule has 92 valence electrons. The molecule has 0 aliphatic heterocycles. The van der Waals surface area contributed by atoms with Gasteiger partial charge in [0.1, 0.15) is 5.01 Å². The maximum Gasteiger partial charge on any atom is 0.205 e. The van der Waals surface area contributed by atoms with Gasteiger partial charge in [0.25, 0.3) is 0 Å². The van der Waals surface area contributed by atoms with Crippen molar-refractivity contribution in [3.63, 3.8) is 0 Å². The fraction of sp³-hybridized carbons (Fsp3) is 0.818. The largest absolute Gasteiger partial charge is 0.363 e. The quantitative estimate of drug-likeness (QED) is 0.832. The lowest BCUT2D eigenvalue weighted by Crippen LogP contribution is -2.33. The number of hydrogen-bond donors (Lipinski definition) is 1. The van der Waals surface area contributed by atoms with Gasteiger partial charge in [0.15, 0.2) is 0 Å². The number of anilines is 1. The Morgan fingerprint density at radius 1 is 1.25 bits per heavy atom. The SMILES string of the molecule is CNc1nnc(CN(CC(C)C)C(C)C)s1. The number of hydrogen-bond acceptors (Lipinski definition) is 5. The van der Waals surface area contributed by atoms with E-state index in [9.17, 15) is 0 Å². The van der Waals surface area contributed by atoms with Crippen LogP contribution in [0.3, 0.4) is 0 Å². The minimum absolute atomic E-state index is 0.546. The summed E-state index contributed by atoms with van der Waals surface area (Å²) in [4.78, 5) is 2.44. The van der Waals surface area contributed by atoms with Crippen molar-refractivity contribution in [2.24, 2.45) is 5.92 Å². The molecule has 0 amide bonds. The second-order valence-electron chi connectivity index (χ2n) is 4.67. The summed E-state index contributed by atoms with van der Waals surface area (Å²) >= 11 is 1.63. The molecule has 1 aromatic heterocycles. The zero-order chi connectivity index (χ0) is 12.1. The molecule has 0 saturated heterocycles. The summed E-state index contributed by atoms with van der Waals surface area (Å²) in [5.41, 5.74) is 0. The summed E-state index contributed by atoms with van der Waals surface area (Å²) in [5, 5.41) is 13.2. The first kappa shape index (κ1) is 13.4. The van der Waals surface area contributed by atoms with E-state index >= 15 is 0 Å². The van der Waals surface area contributed by atoms with Crippen LogP contribution in [0.1, 0.15) is 32.7 Å². The number of aromatic nitrogens is 2. The average molecular weight is 242 g/mol. The molecule has 0 aliphatic carbocycles. The number of rotatable bonds is 6. The molecule has 1 rings (SSSR count). The fourth-order valence-corrected chi connectivity index (χ4v) is 2.24. The van der Waals surface area contributed by atoms with E-state index in [1.54, 1.807) is 11.3 Å². The molecule has 16 heavy (non-hydrogen) atoms. The Bertz CT molecular complexity index is 309. The van der Waals surface area contributed by atoms with E-state index in [4.69, 9.17) is 0 Å². The number of nitrogens with one attached hydrogen (secondary N) is 1. The standard InChI is InChI=1S/C11H22N4S/c1-8(2)6-15(9(3)4)7-10-13-14-11(12-5)16-10/h8-9H,6-7H2,1-5H3,(H,12,14). The lowest BCUT2D eigenvalue weighted by atomic mass is 10.2. The van der Waals surface area contributed by atoms with Crippen LogP contribution in [0.25, 0.3) is 0 Å². The Kier molecular flexibility index (Phi) is 5.15. The monoisotopic (exact) mass is 242 g/mol. The van der Waals surface area contributed by atoms with E-state index in [1.807, 2.05) is 7.05 Å². The summed E-state index contributed by atoms with van der Waals surface area (Å²) in [6.45, 7) is 10.9. The summed E-state index contributed by atoms with van der Waals surface area (Å²) in [7, 11) is 1.87. The molecular weight excluding hydrogens is 220 g/mol. The van der Waals surface area contributed by atoms with Gasteiger partial charge in [-0.15, -0.1) is 10.2 Å². The Labute approximate surface area is 102 Å². The van der Waals surface area contributed by atoms with Crippen molar-refractivity contribution in [2.75, 3.05) is 18.9 Å². The fourth-order valence-electron chi connectivity index (χ4n) is 1.52. The lowest BCUT2D eigenvalue weighted by molar-refractivity contribution is 0.188. The van der Waals surface area contributed by atoms with Gasteiger partial charge in [-0.05, 0) is 19.8 Å². The molecule has 0 atom stereocenters. The predicted molar refractivity (Wildman–Crippen MR) is 69.8 cm³/mol. The van der Waals surface area contributed by atoms with Gasteiger partial charge in [-0.25, -0.2) is 0 Å². The molecule has 0 bridgehead atoms. The second kappa shape index (κ2) is 6.15. The van der Waals surface area contributed by atoms with Crippen LogP contribution in [0.5, 0.6) is 0 Å². The van der Waals surface area contributed by atoms with Crippen LogP contribution in [0.2, 0.25) is 0 Å². The first-order valence-electron chi connectivity index (χ1n) is 5.77. The predicted octanol–water partition coefficient (Wildman–Crippen LogP) is 2.45. The highest BCUT2D eigenvalue weighted by atomic mass is 32.1. The highest BCUT2D eigenvalue weighted by molar-refractivity contribution is 7.15. The van der Waals surface area contributed by atoms with Crippen molar-refractivity contribution in [2.45, 2.75) is 40.3 Å². The topological polar surface area (TPSA) is 41.1 Å². The highest BCUT2D eigenvalue weighted by Crippen LogP contribution is 2.17. The molecule has 1 aromatic rings. The summed E-state index contributed by atoms with van der Waals surface area (Å²) in [6, 6.07) is 0.546. The van der Waals surface area contributed by atoms with Crippen molar-refractivity contribution in [1.82, 2.24) is 15.1 Å². The highest BCUT2D eigenvalue weighted by Gasteiger charge is 2.14. The summed E-state index contributed by atoms with van der Waals surface area (Å²) in [6.07, 6.45) is 0. The van der Waals surface area contributed by atoms with Crippen LogP contribution in [0.4, 0.5) is 5.13 Å². The van der Waals surface area contributed by atoms with Crippen LogP contribution < -0.4 is 5.32 Å². The Balaban J connectivity index is 2.60. The van der Waals surface area contributed by atoms with Crippen molar-refractivity contribution < 1.29 is 0 Å². The van der Waals surface area contributed by atoms with Gasteiger partial charge in [-0.1, -0.05) is 25.2 Å². The second-order valence-corrected chi connectivity index (χ2v) is 5.73. The van der Waals surface area contributed by atoms with Crippen molar-refractivity contribution in [3.05, 3.63) is 5.01 Å². The minimum atomic E-state index is 0.546. The van der Waals surface area contributed by atoms with Gasteiger partial charge in [-0.2, -0.15) is 0 Å².